The molecule has 2 N–H and O–H groups in total. The predicted octanol–water partition coefficient (Wildman–Crippen LogP) is 1.44. The molecule has 0 radical (unpaired) electrons. The zero-order chi connectivity index (χ0) is 12.8. The summed E-state index contributed by atoms with van der Waals surface area (Å²) in [4.78, 5) is 2.35. The highest BCUT2D eigenvalue weighted by molar-refractivity contribution is 4.92. The van der Waals surface area contributed by atoms with Crippen LogP contribution in [0.4, 0.5) is 0 Å². The molecule has 2 unspecified atom stereocenters. The van der Waals surface area contributed by atoms with E-state index in [0.717, 1.165) is 13.0 Å². The normalized spacial score (nSPS) is 17.8. The highest BCUT2D eigenvalue weighted by atomic mass is 16.7. The van der Waals surface area contributed by atoms with E-state index in [0.29, 0.717) is 12.6 Å². The topological polar surface area (TPSA) is 47.7 Å². The average Bonchev–Trinajstić information content (AvgIpc) is 2.30. The van der Waals surface area contributed by atoms with E-state index in [1.54, 1.807) is 14.2 Å². The first kappa shape index (κ1) is 15.8. The number of hydrogen-bond acceptors (Lipinski definition) is 4. The monoisotopic (exact) mass is 232 g/mol. The van der Waals surface area contributed by atoms with Gasteiger partial charge in [0.1, 0.15) is 0 Å². The average molecular weight is 232 g/mol. The summed E-state index contributed by atoms with van der Waals surface area (Å²) in [6, 6.07) is 0.464. The van der Waals surface area contributed by atoms with Crippen molar-refractivity contribution in [2.75, 3.05) is 27.3 Å². The van der Waals surface area contributed by atoms with Gasteiger partial charge in [-0.25, -0.2) is 0 Å². The smallest absolute Gasteiger partial charge is 0.176 e. The second kappa shape index (κ2) is 7.22. The molecule has 16 heavy (non-hydrogen) atoms. The largest absolute Gasteiger partial charge is 0.354 e. The molecular formula is C12H28N2O2. The number of methoxy groups -OCH3 is 2. The molecule has 98 valence electrons. The van der Waals surface area contributed by atoms with Crippen LogP contribution in [0, 0.1) is 0 Å². The van der Waals surface area contributed by atoms with E-state index in [-0.39, 0.29) is 11.8 Å². The van der Waals surface area contributed by atoms with Crippen molar-refractivity contribution in [1.29, 1.82) is 0 Å². The Morgan fingerprint density at radius 2 is 1.75 bits per heavy atom. The molecule has 2 atom stereocenters. The molecule has 0 aliphatic rings. The fourth-order valence-corrected chi connectivity index (χ4v) is 2.35. The summed E-state index contributed by atoms with van der Waals surface area (Å²) in [5, 5.41) is 0. The molecule has 0 saturated heterocycles. The Kier molecular flexibility index (Phi) is 7.15. The van der Waals surface area contributed by atoms with Crippen LogP contribution in [0.1, 0.15) is 34.1 Å². The van der Waals surface area contributed by atoms with E-state index >= 15 is 0 Å². The standard InChI is InChI=1S/C12H28N2O2/c1-7-10(3)14(8-2)12(4,9-13)11(15-5)16-6/h10-11H,7-9,13H2,1-6H3. The zero-order valence-corrected chi connectivity index (χ0v) is 11.6. The molecule has 0 aliphatic heterocycles. The van der Waals surface area contributed by atoms with Crippen LogP contribution in [0.25, 0.3) is 0 Å². The first-order chi connectivity index (χ1) is 7.51. The van der Waals surface area contributed by atoms with E-state index in [9.17, 15) is 0 Å². The SMILES string of the molecule is CCC(C)N(CC)C(C)(CN)C(OC)OC. The minimum atomic E-state index is -0.300. The molecule has 0 amide bonds. The third kappa shape index (κ3) is 3.17. The van der Waals surface area contributed by atoms with Crippen LogP contribution in [0.3, 0.4) is 0 Å². The van der Waals surface area contributed by atoms with Crippen LogP contribution in [-0.4, -0.2) is 50.1 Å². The Bertz CT molecular complexity index is 186. The lowest BCUT2D eigenvalue weighted by atomic mass is 9.96. The maximum absolute atomic E-state index is 5.93. The number of likely N-dealkylation sites (N-methyl/N-ethyl adjacent to an activating group) is 1. The van der Waals surface area contributed by atoms with Crippen LogP contribution in [0.15, 0.2) is 0 Å². The van der Waals surface area contributed by atoms with Crippen LogP contribution in [0.2, 0.25) is 0 Å². The van der Waals surface area contributed by atoms with Gasteiger partial charge in [0.05, 0.1) is 5.54 Å². The molecule has 0 spiro atoms. The molecule has 0 aromatic heterocycles. The molecule has 0 aromatic rings. The van der Waals surface area contributed by atoms with Crippen molar-refractivity contribution in [2.45, 2.75) is 52.0 Å². The van der Waals surface area contributed by atoms with Crippen molar-refractivity contribution in [1.82, 2.24) is 4.90 Å². The lowest BCUT2D eigenvalue weighted by molar-refractivity contribution is -0.186. The summed E-state index contributed by atoms with van der Waals surface area (Å²) in [7, 11) is 3.32. The van der Waals surface area contributed by atoms with E-state index in [2.05, 4.69) is 32.6 Å². The van der Waals surface area contributed by atoms with E-state index in [1.165, 1.54) is 0 Å². The lowest BCUT2D eigenvalue weighted by Gasteiger charge is -2.46. The van der Waals surface area contributed by atoms with Crippen LogP contribution in [0.5, 0.6) is 0 Å². The minimum absolute atomic E-state index is 0.284. The summed E-state index contributed by atoms with van der Waals surface area (Å²) in [5.74, 6) is 0. The Balaban J connectivity index is 5.01. The summed E-state index contributed by atoms with van der Waals surface area (Å²) in [5.41, 5.74) is 5.64. The quantitative estimate of drug-likeness (QED) is 0.643. The van der Waals surface area contributed by atoms with E-state index < -0.39 is 0 Å². The van der Waals surface area contributed by atoms with Crippen molar-refractivity contribution < 1.29 is 9.47 Å². The fourth-order valence-electron chi connectivity index (χ4n) is 2.35. The molecule has 4 nitrogen and oxygen atoms in total. The Labute approximate surface area is 100 Å². The van der Waals surface area contributed by atoms with Gasteiger partial charge in [0.2, 0.25) is 0 Å². The highest BCUT2D eigenvalue weighted by Crippen LogP contribution is 2.24. The van der Waals surface area contributed by atoms with Gasteiger partial charge in [0.15, 0.2) is 6.29 Å². The van der Waals surface area contributed by atoms with Gasteiger partial charge >= 0.3 is 0 Å². The molecular weight excluding hydrogens is 204 g/mol. The molecule has 0 fully saturated rings. The molecule has 0 aromatic carbocycles. The van der Waals surface area contributed by atoms with Crippen LogP contribution in [-0.2, 0) is 9.47 Å². The molecule has 0 rings (SSSR count). The molecule has 0 bridgehead atoms. The minimum Gasteiger partial charge on any atom is -0.354 e. The van der Waals surface area contributed by atoms with Gasteiger partial charge in [-0.2, -0.15) is 0 Å². The third-order valence-corrected chi connectivity index (χ3v) is 3.47. The van der Waals surface area contributed by atoms with Gasteiger partial charge in [0, 0.05) is 26.8 Å². The van der Waals surface area contributed by atoms with Crippen molar-refractivity contribution in [3.63, 3.8) is 0 Å². The summed E-state index contributed by atoms with van der Waals surface area (Å²) in [6.45, 7) is 10.1. The second-order valence-corrected chi connectivity index (χ2v) is 4.41. The van der Waals surface area contributed by atoms with Gasteiger partial charge in [-0.3, -0.25) is 4.90 Å². The zero-order valence-electron chi connectivity index (χ0n) is 11.6. The number of nitrogens with two attached hydrogens (primary N) is 1. The Hall–Kier alpha value is -0.160. The van der Waals surface area contributed by atoms with Gasteiger partial charge in [0.25, 0.3) is 0 Å². The van der Waals surface area contributed by atoms with Crippen molar-refractivity contribution in [2.24, 2.45) is 5.73 Å². The van der Waals surface area contributed by atoms with Crippen molar-refractivity contribution in [3.05, 3.63) is 0 Å². The maximum atomic E-state index is 5.93. The van der Waals surface area contributed by atoms with Crippen molar-refractivity contribution >= 4 is 0 Å². The summed E-state index contributed by atoms with van der Waals surface area (Å²) < 4.78 is 10.8. The second-order valence-electron chi connectivity index (χ2n) is 4.41. The number of ether oxygens (including phenoxy) is 2. The van der Waals surface area contributed by atoms with Crippen LogP contribution < -0.4 is 5.73 Å². The first-order valence-corrected chi connectivity index (χ1v) is 6.04. The highest BCUT2D eigenvalue weighted by Gasteiger charge is 2.40. The summed E-state index contributed by atoms with van der Waals surface area (Å²) in [6.07, 6.45) is 0.787. The molecule has 0 heterocycles. The number of hydrogen-bond donors (Lipinski definition) is 1. The van der Waals surface area contributed by atoms with Gasteiger partial charge in [-0.1, -0.05) is 13.8 Å². The third-order valence-electron chi connectivity index (χ3n) is 3.47. The number of nitrogens with zero attached hydrogens (tertiary/aromatic N) is 1. The fraction of sp³-hybridized carbons (Fsp3) is 1.00. The lowest BCUT2D eigenvalue weighted by Crippen LogP contribution is -2.62. The Morgan fingerprint density at radius 1 is 1.25 bits per heavy atom. The number of rotatable bonds is 8. The van der Waals surface area contributed by atoms with Gasteiger partial charge in [-0.15, -0.1) is 0 Å². The van der Waals surface area contributed by atoms with Gasteiger partial charge in [-0.05, 0) is 26.8 Å². The first-order valence-electron chi connectivity index (χ1n) is 6.04. The van der Waals surface area contributed by atoms with E-state index in [4.69, 9.17) is 15.2 Å². The van der Waals surface area contributed by atoms with E-state index in [1.807, 2.05) is 0 Å². The van der Waals surface area contributed by atoms with Crippen LogP contribution >= 0.6 is 0 Å². The summed E-state index contributed by atoms with van der Waals surface area (Å²) >= 11 is 0. The van der Waals surface area contributed by atoms with Gasteiger partial charge < -0.3 is 15.2 Å². The van der Waals surface area contributed by atoms with Crippen molar-refractivity contribution in [3.8, 4) is 0 Å². The predicted molar refractivity (Wildman–Crippen MR) is 67.4 cm³/mol. The maximum Gasteiger partial charge on any atom is 0.176 e. The molecule has 0 saturated carbocycles. The molecule has 0 aliphatic carbocycles. The molecule has 4 heteroatoms. The Morgan fingerprint density at radius 3 is 2.00 bits per heavy atom.